The van der Waals surface area contributed by atoms with Crippen molar-refractivity contribution in [2.45, 2.75) is 110 Å². The lowest BCUT2D eigenvalue weighted by Gasteiger charge is -2.49. The standard InChI is InChI=1S/C22H46N2O4Si/c1-8-11-13-24(18-16-21(4,5)23-22(6,7)17-18)19(25)28-14-12-15-29-20(26-9-2)27-10-3/h18,20,23H,8-17,29H2,1-7H3. The van der Waals surface area contributed by atoms with E-state index in [1.807, 2.05) is 18.7 Å². The Balaban J connectivity index is 2.54. The molecule has 1 rings (SSSR count). The van der Waals surface area contributed by atoms with E-state index in [4.69, 9.17) is 14.2 Å². The summed E-state index contributed by atoms with van der Waals surface area (Å²) >= 11 is 0. The van der Waals surface area contributed by atoms with Gasteiger partial charge >= 0.3 is 6.09 Å². The van der Waals surface area contributed by atoms with Gasteiger partial charge in [0.2, 0.25) is 0 Å². The summed E-state index contributed by atoms with van der Waals surface area (Å²) in [5, 5.41) is 3.70. The van der Waals surface area contributed by atoms with Gasteiger partial charge in [-0.15, -0.1) is 0 Å². The lowest BCUT2D eigenvalue weighted by molar-refractivity contribution is -0.0828. The fourth-order valence-corrected chi connectivity index (χ4v) is 6.11. The number of amides is 1. The summed E-state index contributed by atoms with van der Waals surface area (Å²) in [6.07, 6.45) is 4.73. The molecule has 0 unspecified atom stereocenters. The number of nitrogens with zero attached hydrogens (tertiary/aromatic N) is 1. The van der Waals surface area contributed by atoms with Crippen molar-refractivity contribution >= 4 is 15.6 Å². The minimum absolute atomic E-state index is 0.0102. The second-order valence-electron chi connectivity index (χ2n) is 9.45. The van der Waals surface area contributed by atoms with Crippen LogP contribution in [0.1, 0.15) is 80.6 Å². The zero-order chi connectivity index (χ0) is 21.9. The molecule has 1 heterocycles. The van der Waals surface area contributed by atoms with Gasteiger partial charge in [-0.3, -0.25) is 0 Å². The van der Waals surface area contributed by atoms with E-state index in [9.17, 15) is 4.79 Å². The van der Waals surface area contributed by atoms with E-state index in [1.54, 1.807) is 0 Å². The zero-order valence-electron chi connectivity index (χ0n) is 20.0. The van der Waals surface area contributed by atoms with Crippen LogP contribution in [0.4, 0.5) is 4.79 Å². The normalized spacial score (nSPS) is 19.2. The van der Waals surface area contributed by atoms with Crippen LogP contribution in [0.2, 0.25) is 6.04 Å². The first-order chi connectivity index (χ1) is 13.6. The number of unbranched alkanes of at least 4 members (excludes halogenated alkanes) is 1. The maximum Gasteiger partial charge on any atom is 0.410 e. The number of piperidine rings is 1. The topological polar surface area (TPSA) is 60.0 Å². The van der Waals surface area contributed by atoms with E-state index in [0.29, 0.717) is 19.8 Å². The molecule has 7 heteroatoms. The van der Waals surface area contributed by atoms with E-state index in [1.165, 1.54) is 0 Å². The van der Waals surface area contributed by atoms with Crippen molar-refractivity contribution in [3.63, 3.8) is 0 Å². The van der Waals surface area contributed by atoms with Gasteiger partial charge in [-0.05, 0) is 67.2 Å². The predicted octanol–water partition coefficient (Wildman–Crippen LogP) is 3.87. The molecule has 0 aromatic rings. The highest BCUT2D eigenvalue weighted by atomic mass is 28.2. The Labute approximate surface area is 181 Å². The predicted molar refractivity (Wildman–Crippen MR) is 122 cm³/mol. The summed E-state index contributed by atoms with van der Waals surface area (Å²) in [5.41, 5.74) is 0.0205. The average Bonchev–Trinajstić information content (AvgIpc) is 2.59. The van der Waals surface area contributed by atoms with Crippen molar-refractivity contribution in [1.29, 1.82) is 0 Å². The number of rotatable bonds is 13. The molecule has 1 fully saturated rings. The van der Waals surface area contributed by atoms with Crippen molar-refractivity contribution in [3.8, 4) is 0 Å². The molecule has 0 aliphatic carbocycles. The third-order valence-electron chi connectivity index (χ3n) is 5.36. The summed E-state index contributed by atoms with van der Waals surface area (Å²) in [4.78, 5) is 14.9. The second-order valence-corrected chi connectivity index (χ2v) is 11.4. The Hall–Kier alpha value is -0.633. The van der Waals surface area contributed by atoms with Gasteiger partial charge in [0, 0.05) is 36.9 Å². The molecule has 1 aliphatic heterocycles. The Morgan fingerprint density at radius 2 is 1.66 bits per heavy atom. The van der Waals surface area contributed by atoms with Gasteiger partial charge in [0.05, 0.1) is 16.1 Å². The molecule has 1 saturated heterocycles. The molecular formula is C22H46N2O4Si. The average molecular weight is 431 g/mol. The summed E-state index contributed by atoms with van der Waals surface area (Å²) in [7, 11) is -0.481. The van der Waals surface area contributed by atoms with Crippen LogP contribution in [-0.4, -0.2) is 69.9 Å². The molecular weight excluding hydrogens is 384 g/mol. The van der Waals surface area contributed by atoms with E-state index in [0.717, 1.165) is 44.7 Å². The molecule has 1 aliphatic rings. The lowest BCUT2D eigenvalue weighted by Crippen LogP contribution is -2.63. The smallest absolute Gasteiger partial charge is 0.410 e. The summed E-state index contributed by atoms with van der Waals surface area (Å²) in [6.45, 7) is 17.7. The molecule has 1 amide bonds. The number of hydrogen-bond donors (Lipinski definition) is 1. The molecule has 0 aromatic carbocycles. The maximum absolute atomic E-state index is 12.9. The minimum atomic E-state index is -0.481. The van der Waals surface area contributed by atoms with Gasteiger partial charge in [-0.1, -0.05) is 19.4 Å². The number of carbonyl (C=O) groups is 1. The highest BCUT2D eigenvalue weighted by molar-refractivity contribution is 6.36. The Morgan fingerprint density at radius 3 is 2.17 bits per heavy atom. The monoisotopic (exact) mass is 430 g/mol. The van der Waals surface area contributed by atoms with Crippen molar-refractivity contribution in [2.75, 3.05) is 26.4 Å². The Morgan fingerprint density at radius 1 is 1.07 bits per heavy atom. The largest absolute Gasteiger partial charge is 0.449 e. The van der Waals surface area contributed by atoms with Crippen molar-refractivity contribution in [3.05, 3.63) is 0 Å². The van der Waals surface area contributed by atoms with Gasteiger partial charge in [-0.25, -0.2) is 4.79 Å². The third kappa shape index (κ3) is 10.3. The molecule has 0 aromatic heterocycles. The van der Waals surface area contributed by atoms with Crippen LogP contribution in [0.15, 0.2) is 0 Å². The Kier molecular flexibility index (Phi) is 11.8. The first kappa shape index (κ1) is 26.4. The number of hydrogen-bond acceptors (Lipinski definition) is 5. The van der Waals surface area contributed by atoms with Crippen LogP contribution < -0.4 is 5.32 Å². The van der Waals surface area contributed by atoms with Crippen molar-refractivity contribution < 1.29 is 19.0 Å². The van der Waals surface area contributed by atoms with E-state index < -0.39 is 9.52 Å². The van der Waals surface area contributed by atoms with Crippen LogP contribution in [0.25, 0.3) is 0 Å². The van der Waals surface area contributed by atoms with E-state index >= 15 is 0 Å². The molecule has 0 spiro atoms. The summed E-state index contributed by atoms with van der Waals surface area (Å²) in [5.74, 6) is -0.0130. The number of nitrogens with one attached hydrogen (secondary N) is 1. The van der Waals surface area contributed by atoms with E-state index in [2.05, 4.69) is 39.9 Å². The van der Waals surface area contributed by atoms with E-state index in [-0.39, 0.29) is 29.1 Å². The first-order valence-corrected chi connectivity index (χ1v) is 13.4. The molecule has 1 N–H and O–H groups in total. The van der Waals surface area contributed by atoms with Gasteiger partial charge in [0.1, 0.15) is 5.91 Å². The highest BCUT2D eigenvalue weighted by Crippen LogP contribution is 2.32. The van der Waals surface area contributed by atoms with Gasteiger partial charge in [-0.2, -0.15) is 0 Å². The quantitative estimate of drug-likeness (QED) is 0.273. The fraction of sp³-hybridized carbons (Fsp3) is 0.955. The van der Waals surface area contributed by atoms with Crippen LogP contribution in [0, 0.1) is 0 Å². The van der Waals surface area contributed by atoms with Gasteiger partial charge < -0.3 is 24.4 Å². The lowest BCUT2D eigenvalue weighted by atomic mass is 9.79. The summed E-state index contributed by atoms with van der Waals surface area (Å²) in [6, 6.07) is 1.27. The minimum Gasteiger partial charge on any atom is -0.449 e. The zero-order valence-corrected chi connectivity index (χ0v) is 21.4. The Bertz CT molecular complexity index is 452. The van der Waals surface area contributed by atoms with Crippen molar-refractivity contribution in [2.24, 2.45) is 0 Å². The second kappa shape index (κ2) is 12.9. The highest BCUT2D eigenvalue weighted by Gasteiger charge is 2.41. The van der Waals surface area contributed by atoms with Crippen LogP contribution in [0.3, 0.4) is 0 Å². The van der Waals surface area contributed by atoms with Crippen LogP contribution in [0.5, 0.6) is 0 Å². The third-order valence-corrected chi connectivity index (χ3v) is 7.21. The number of ether oxygens (including phenoxy) is 3. The SMILES string of the molecule is CCCCN(C(=O)OCCC[SiH2]C(OCC)OCC)C1CC(C)(C)NC(C)(C)C1. The van der Waals surface area contributed by atoms with Gasteiger partial charge in [0.15, 0.2) is 0 Å². The molecule has 0 radical (unpaired) electrons. The molecule has 29 heavy (non-hydrogen) atoms. The van der Waals surface area contributed by atoms with Crippen LogP contribution >= 0.6 is 0 Å². The fourth-order valence-electron chi connectivity index (χ4n) is 4.48. The molecule has 172 valence electrons. The molecule has 0 atom stereocenters. The first-order valence-electron chi connectivity index (χ1n) is 11.6. The number of carbonyl (C=O) groups excluding carboxylic acids is 1. The molecule has 6 nitrogen and oxygen atoms in total. The molecule has 0 bridgehead atoms. The maximum atomic E-state index is 12.9. The van der Waals surface area contributed by atoms with Crippen LogP contribution in [-0.2, 0) is 14.2 Å². The summed E-state index contributed by atoms with van der Waals surface area (Å²) < 4.78 is 17.0. The van der Waals surface area contributed by atoms with Gasteiger partial charge in [0.25, 0.3) is 0 Å². The molecule has 0 saturated carbocycles. The van der Waals surface area contributed by atoms with Crippen molar-refractivity contribution in [1.82, 2.24) is 10.2 Å².